The number of esters is 1. The summed E-state index contributed by atoms with van der Waals surface area (Å²) in [5.74, 6) is 0.545. The van der Waals surface area contributed by atoms with Crippen LogP contribution in [-0.4, -0.2) is 37.0 Å². The molecule has 2 aromatic rings. The van der Waals surface area contributed by atoms with E-state index >= 15 is 0 Å². The summed E-state index contributed by atoms with van der Waals surface area (Å²) in [6.45, 7) is 8.20. The first-order chi connectivity index (χ1) is 17.5. The van der Waals surface area contributed by atoms with Gasteiger partial charge in [0.15, 0.2) is 0 Å². The second-order valence-corrected chi connectivity index (χ2v) is 8.91. The minimum atomic E-state index is -0.216. The third kappa shape index (κ3) is 9.11. The number of rotatable bonds is 5. The van der Waals surface area contributed by atoms with Crippen molar-refractivity contribution >= 4 is 36.2 Å². The van der Waals surface area contributed by atoms with Gasteiger partial charge >= 0.3 is 5.97 Å². The Labute approximate surface area is 219 Å². The molecule has 2 aliphatic carbocycles. The van der Waals surface area contributed by atoms with E-state index in [1.807, 2.05) is 51.4 Å². The van der Waals surface area contributed by atoms with Crippen molar-refractivity contribution in [2.45, 2.75) is 65.2 Å². The number of phenolic OH excluding ortho intramolecular Hbond substituents is 1. The molecule has 0 aliphatic heterocycles. The Bertz CT molecular complexity index is 1030. The lowest BCUT2D eigenvalue weighted by Gasteiger charge is -2.24. The number of hydrogen-bond donors (Lipinski definition) is 2. The highest BCUT2D eigenvalue weighted by Crippen LogP contribution is 2.36. The summed E-state index contributed by atoms with van der Waals surface area (Å²) in [6, 6.07) is 5.55. The van der Waals surface area contributed by atoms with Crippen LogP contribution in [-0.2, 0) is 14.3 Å². The molecule has 196 valence electrons. The van der Waals surface area contributed by atoms with Gasteiger partial charge < -0.3 is 20.0 Å². The van der Waals surface area contributed by atoms with Crippen LogP contribution in [0.3, 0.4) is 0 Å². The Morgan fingerprint density at radius 2 is 2.03 bits per heavy atom. The number of methoxy groups -OCH3 is 1. The first-order valence-corrected chi connectivity index (χ1v) is 13.3. The molecule has 1 unspecified atom stereocenters. The Kier molecular flexibility index (Phi) is 14.8. The zero-order chi connectivity index (χ0) is 26.9. The molecule has 0 spiro atoms. The highest BCUT2D eigenvalue weighted by molar-refractivity contribution is 7.09. The van der Waals surface area contributed by atoms with Gasteiger partial charge in [0.1, 0.15) is 12.5 Å². The van der Waals surface area contributed by atoms with Gasteiger partial charge in [0.05, 0.1) is 17.7 Å². The molecule has 6 nitrogen and oxygen atoms in total. The van der Waals surface area contributed by atoms with E-state index < -0.39 is 0 Å². The lowest BCUT2D eigenvalue weighted by molar-refractivity contribution is -0.136. The van der Waals surface area contributed by atoms with Gasteiger partial charge in [0, 0.05) is 30.2 Å². The van der Waals surface area contributed by atoms with Crippen LogP contribution >= 0.6 is 11.3 Å². The first kappa shape index (κ1) is 30.8. The minimum absolute atomic E-state index is 0.216. The van der Waals surface area contributed by atoms with Crippen LogP contribution in [0, 0.1) is 0 Å². The first-order valence-electron chi connectivity index (χ1n) is 12.4. The van der Waals surface area contributed by atoms with Crippen molar-refractivity contribution in [2.24, 2.45) is 0 Å². The largest absolute Gasteiger partial charge is 0.508 e. The summed E-state index contributed by atoms with van der Waals surface area (Å²) in [6.07, 6.45) is 14.3. The normalized spacial score (nSPS) is 15.8. The van der Waals surface area contributed by atoms with E-state index in [-0.39, 0.29) is 5.97 Å². The maximum absolute atomic E-state index is 11.6. The third-order valence-corrected chi connectivity index (χ3v) is 6.71. The van der Waals surface area contributed by atoms with Gasteiger partial charge in [0.2, 0.25) is 0 Å². The number of carbonyl (C=O) groups is 2. The van der Waals surface area contributed by atoms with Crippen LogP contribution in [0.25, 0.3) is 12.2 Å². The van der Waals surface area contributed by atoms with Gasteiger partial charge in [-0.05, 0) is 55.4 Å². The molecule has 2 aliphatic rings. The number of fused-ring (bicyclic) bond motifs is 1. The van der Waals surface area contributed by atoms with Gasteiger partial charge in [-0.25, -0.2) is 9.78 Å². The maximum atomic E-state index is 11.6. The average Bonchev–Trinajstić information content (AvgIpc) is 3.40. The lowest BCUT2D eigenvalue weighted by Crippen LogP contribution is -2.22. The van der Waals surface area contributed by atoms with Gasteiger partial charge in [-0.2, -0.15) is 0 Å². The topological polar surface area (TPSA) is 88.5 Å². The van der Waals surface area contributed by atoms with E-state index in [4.69, 9.17) is 9.53 Å². The second kappa shape index (κ2) is 17.3. The molecule has 0 saturated heterocycles. The molecular weight excluding hydrogens is 472 g/mol. The average molecular weight is 513 g/mol. The van der Waals surface area contributed by atoms with Crippen molar-refractivity contribution in [3.63, 3.8) is 0 Å². The number of allylic oxidation sites excluding steroid dienone is 3. The van der Waals surface area contributed by atoms with Crippen molar-refractivity contribution in [2.75, 3.05) is 14.2 Å². The number of carbonyl (C=O) groups excluding carboxylic acids is 2. The number of nitrogens with one attached hydrogen (secondary N) is 1. The Morgan fingerprint density at radius 1 is 1.28 bits per heavy atom. The number of benzene rings is 1. The Hall–Kier alpha value is -3.19. The lowest BCUT2D eigenvalue weighted by atomic mass is 9.87. The molecule has 0 amide bonds. The van der Waals surface area contributed by atoms with Gasteiger partial charge in [-0.3, -0.25) is 0 Å². The summed E-state index contributed by atoms with van der Waals surface area (Å²) in [7, 11) is 3.28. The predicted octanol–water partition coefficient (Wildman–Crippen LogP) is 6.89. The number of hydrogen-bond acceptors (Lipinski definition) is 7. The quantitative estimate of drug-likeness (QED) is 0.424. The van der Waals surface area contributed by atoms with Gasteiger partial charge in [-0.1, -0.05) is 57.1 Å². The van der Waals surface area contributed by atoms with Gasteiger partial charge in [-0.15, -0.1) is 11.3 Å². The highest BCUT2D eigenvalue weighted by atomic mass is 32.1. The molecule has 7 heteroatoms. The van der Waals surface area contributed by atoms with E-state index in [0.717, 1.165) is 53.9 Å². The van der Waals surface area contributed by atoms with Gasteiger partial charge in [0.25, 0.3) is 0 Å². The van der Waals surface area contributed by atoms with Crippen molar-refractivity contribution in [3.05, 3.63) is 68.8 Å². The van der Waals surface area contributed by atoms with Crippen molar-refractivity contribution in [1.29, 1.82) is 0 Å². The molecule has 4 rings (SSSR count). The summed E-state index contributed by atoms with van der Waals surface area (Å²) >= 11 is 1.68. The van der Waals surface area contributed by atoms with Crippen molar-refractivity contribution < 1.29 is 19.4 Å². The van der Waals surface area contributed by atoms with Crippen LogP contribution in [0.1, 0.15) is 81.3 Å². The molecule has 36 heavy (non-hydrogen) atoms. The molecule has 1 atom stereocenters. The van der Waals surface area contributed by atoms with E-state index in [0.29, 0.717) is 11.7 Å². The van der Waals surface area contributed by atoms with Crippen LogP contribution in [0.15, 0.2) is 52.7 Å². The number of aromatic nitrogens is 1. The molecule has 0 bridgehead atoms. The molecule has 0 radical (unpaired) electrons. The molecule has 1 aromatic heterocycles. The maximum Gasteiger partial charge on any atom is 0.335 e. The van der Waals surface area contributed by atoms with Crippen molar-refractivity contribution in [3.8, 4) is 5.75 Å². The van der Waals surface area contributed by atoms with Crippen molar-refractivity contribution in [1.82, 2.24) is 10.3 Å². The van der Waals surface area contributed by atoms with E-state index in [1.54, 1.807) is 17.4 Å². The smallest absolute Gasteiger partial charge is 0.335 e. The zero-order valence-corrected chi connectivity index (χ0v) is 23.0. The molecule has 0 saturated carbocycles. The number of nitrogens with zero attached hydrogens (tertiary/aromatic N) is 1. The molecule has 1 heterocycles. The Balaban J connectivity index is 0.000000318. The number of ether oxygens (including phenoxy) is 1. The van der Waals surface area contributed by atoms with E-state index in [1.165, 1.54) is 24.7 Å². The monoisotopic (exact) mass is 512 g/mol. The molecule has 2 N–H and O–H groups in total. The number of aromatic hydroxyl groups is 1. The minimum Gasteiger partial charge on any atom is -0.508 e. The number of thiazole rings is 1. The summed E-state index contributed by atoms with van der Waals surface area (Å²) in [5.41, 5.74) is 5.57. The third-order valence-electron chi connectivity index (χ3n) is 5.77. The fraction of sp³-hybridized carbons (Fsp3) is 0.414. The van der Waals surface area contributed by atoms with Crippen LogP contribution in [0.4, 0.5) is 0 Å². The van der Waals surface area contributed by atoms with E-state index in [9.17, 15) is 9.90 Å². The summed E-state index contributed by atoms with van der Waals surface area (Å²) in [5, 5.41) is 15.7. The molecule has 0 fully saturated rings. The summed E-state index contributed by atoms with van der Waals surface area (Å²) < 4.78 is 4.80. The predicted molar refractivity (Wildman–Crippen MR) is 150 cm³/mol. The van der Waals surface area contributed by atoms with E-state index in [2.05, 4.69) is 35.5 Å². The van der Waals surface area contributed by atoms with Crippen LogP contribution in [0.5, 0.6) is 5.75 Å². The summed E-state index contributed by atoms with van der Waals surface area (Å²) in [4.78, 5) is 23.9. The fourth-order valence-corrected chi connectivity index (χ4v) is 4.92. The fourth-order valence-electron chi connectivity index (χ4n) is 4.14. The molecule has 1 aromatic carbocycles. The highest BCUT2D eigenvalue weighted by Gasteiger charge is 2.27. The van der Waals surface area contributed by atoms with Crippen LogP contribution < -0.4 is 5.32 Å². The number of phenols is 1. The molecular formula is C29H40N2O4S. The zero-order valence-electron chi connectivity index (χ0n) is 22.2. The Morgan fingerprint density at radius 3 is 2.64 bits per heavy atom. The second-order valence-electron chi connectivity index (χ2n) is 7.98. The SMILES string of the molecule is C=O.CC.CCCC1=Cc2ccc(O)cc2C=CC1.CNC1=C(C(=O)OC)CCC(c2nccs2)C1. The van der Waals surface area contributed by atoms with Crippen LogP contribution in [0.2, 0.25) is 0 Å². The standard InChI is InChI=1S/C14H16O.C12H16N2O2S.C2H6.CH2O/c1-2-4-11-5-3-6-12-10-14(15)8-7-13(12)9-11;1-13-10-7-8(11-14-5-6-17-11)3-4-9(10)12(15)16-2;2*1-2/h3,6-10,15H,2,4-5H2,1H3;5-6,8,13H,3-4,7H2,1-2H3;1-2H3;1H2.